The van der Waals surface area contributed by atoms with Gasteiger partial charge in [0.25, 0.3) is 5.91 Å². The van der Waals surface area contributed by atoms with Gasteiger partial charge in [0.1, 0.15) is 6.04 Å². The molecular weight excluding hydrogens is 242 g/mol. The summed E-state index contributed by atoms with van der Waals surface area (Å²) in [7, 11) is 0. The smallest absolute Gasteiger partial charge is 0.328 e. The molecule has 0 aromatic heterocycles. The van der Waals surface area contributed by atoms with Crippen molar-refractivity contribution < 1.29 is 14.3 Å². The maximum Gasteiger partial charge on any atom is 0.328 e. The Balaban J connectivity index is 2.15. The molecule has 1 atom stereocenters. The zero-order valence-electron chi connectivity index (χ0n) is 11.2. The molecule has 1 aromatic carbocycles. The highest BCUT2D eigenvalue weighted by Crippen LogP contribution is 2.20. The molecule has 0 saturated carbocycles. The summed E-state index contributed by atoms with van der Waals surface area (Å²) in [5, 5.41) is 0. The molecule has 0 radical (unpaired) electrons. The molecule has 1 aliphatic rings. The average Bonchev–Trinajstić information content (AvgIpc) is 2.47. The van der Waals surface area contributed by atoms with E-state index in [1.54, 1.807) is 24.0 Å². The van der Waals surface area contributed by atoms with Gasteiger partial charge in [0.15, 0.2) is 0 Å². The fraction of sp³-hybridized carbons (Fsp3) is 0.467. The second-order valence-electron chi connectivity index (χ2n) is 4.63. The molecule has 0 aliphatic carbocycles. The molecule has 1 amide bonds. The highest BCUT2D eigenvalue weighted by atomic mass is 16.5. The van der Waals surface area contributed by atoms with Crippen LogP contribution in [0.1, 0.15) is 36.5 Å². The summed E-state index contributed by atoms with van der Waals surface area (Å²) in [6.45, 7) is 2.75. The van der Waals surface area contributed by atoms with Crippen molar-refractivity contribution in [2.75, 3.05) is 13.2 Å². The molecule has 0 spiro atoms. The van der Waals surface area contributed by atoms with Crippen LogP contribution in [-0.4, -0.2) is 36.0 Å². The first-order valence-electron chi connectivity index (χ1n) is 6.76. The van der Waals surface area contributed by atoms with Crippen molar-refractivity contribution in [3.63, 3.8) is 0 Å². The van der Waals surface area contributed by atoms with Crippen LogP contribution < -0.4 is 0 Å². The number of rotatable bonds is 3. The van der Waals surface area contributed by atoms with Crippen molar-refractivity contribution in [2.24, 2.45) is 0 Å². The predicted octanol–water partition coefficient (Wildman–Crippen LogP) is 2.24. The van der Waals surface area contributed by atoms with Crippen molar-refractivity contribution in [1.29, 1.82) is 0 Å². The molecule has 0 N–H and O–H groups in total. The van der Waals surface area contributed by atoms with Crippen molar-refractivity contribution >= 4 is 11.9 Å². The Hall–Kier alpha value is -1.84. The molecule has 4 heteroatoms. The molecule has 1 aliphatic heterocycles. The van der Waals surface area contributed by atoms with E-state index < -0.39 is 6.04 Å². The number of likely N-dealkylation sites (tertiary alicyclic amines) is 1. The molecule has 1 aromatic rings. The van der Waals surface area contributed by atoms with Gasteiger partial charge in [-0.3, -0.25) is 4.79 Å². The minimum Gasteiger partial charge on any atom is -0.464 e. The van der Waals surface area contributed by atoms with E-state index in [4.69, 9.17) is 4.74 Å². The van der Waals surface area contributed by atoms with Crippen molar-refractivity contribution in [3.8, 4) is 0 Å². The highest BCUT2D eigenvalue weighted by molar-refractivity contribution is 5.96. The molecule has 1 heterocycles. The van der Waals surface area contributed by atoms with Gasteiger partial charge in [-0.15, -0.1) is 0 Å². The average molecular weight is 261 g/mol. The minimum atomic E-state index is -0.429. The first-order valence-corrected chi connectivity index (χ1v) is 6.76. The van der Waals surface area contributed by atoms with Crippen LogP contribution in [0.2, 0.25) is 0 Å². The number of amides is 1. The highest BCUT2D eigenvalue weighted by Gasteiger charge is 2.33. The summed E-state index contributed by atoms with van der Waals surface area (Å²) in [4.78, 5) is 26.0. The van der Waals surface area contributed by atoms with E-state index in [2.05, 4.69) is 0 Å². The van der Waals surface area contributed by atoms with Gasteiger partial charge in [-0.25, -0.2) is 4.79 Å². The lowest BCUT2D eigenvalue weighted by Gasteiger charge is -2.34. The molecule has 102 valence electrons. The van der Waals surface area contributed by atoms with Gasteiger partial charge in [-0.05, 0) is 38.3 Å². The van der Waals surface area contributed by atoms with Crippen LogP contribution >= 0.6 is 0 Å². The summed E-state index contributed by atoms with van der Waals surface area (Å²) >= 11 is 0. The van der Waals surface area contributed by atoms with E-state index in [0.717, 1.165) is 12.8 Å². The lowest BCUT2D eigenvalue weighted by atomic mass is 10.0. The SMILES string of the molecule is CCOC(=O)[C@@H]1CCCCN1C(=O)c1ccccc1. The molecule has 4 nitrogen and oxygen atoms in total. The maximum absolute atomic E-state index is 12.4. The van der Waals surface area contributed by atoms with Crippen LogP contribution in [-0.2, 0) is 9.53 Å². The second-order valence-corrected chi connectivity index (χ2v) is 4.63. The van der Waals surface area contributed by atoms with Crippen molar-refractivity contribution in [3.05, 3.63) is 35.9 Å². The fourth-order valence-electron chi connectivity index (χ4n) is 2.40. The Morgan fingerprint density at radius 1 is 1.26 bits per heavy atom. The third-order valence-corrected chi connectivity index (χ3v) is 3.34. The Labute approximate surface area is 113 Å². The topological polar surface area (TPSA) is 46.6 Å². The van der Waals surface area contributed by atoms with Crippen LogP contribution in [0.25, 0.3) is 0 Å². The normalized spacial score (nSPS) is 19.0. The standard InChI is InChI=1S/C15H19NO3/c1-2-19-15(18)13-10-6-7-11-16(13)14(17)12-8-4-3-5-9-12/h3-5,8-9,13H,2,6-7,10-11H2,1H3/t13-/m0/s1. The largest absolute Gasteiger partial charge is 0.464 e. The molecule has 1 fully saturated rings. The van der Waals surface area contributed by atoms with E-state index in [0.29, 0.717) is 25.1 Å². The quantitative estimate of drug-likeness (QED) is 0.784. The number of ether oxygens (including phenoxy) is 1. The Morgan fingerprint density at radius 2 is 2.00 bits per heavy atom. The zero-order chi connectivity index (χ0) is 13.7. The summed E-state index contributed by atoms with van der Waals surface area (Å²) < 4.78 is 5.06. The van der Waals surface area contributed by atoms with E-state index >= 15 is 0 Å². The summed E-state index contributed by atoms with van der Waals surface area (Å²) in [5.41, 5.74) is 0.624. The number of nitrogens with zero attached hydrogens (tertiary/aromatic N) is 1. The van der Waals surface area contributed by atoms with Gasteiger partial charge < -0.3 is 9.64 Å². The number of esters is 1. The third-order valence-electron chi connectivity index (χ3n) is 3.34. The lowest BCUT2D eigenvalue weighted by molar-refractivity contribution is -0.149. The number of carbonyl (C=O) groups is 2. The van der Waals surface area contributed by atoms with Gasteiger partial charge >= 0.3 is 5.97 Å². The fourth-order valence-corrected chi connectivity index (χ4v) is 2.40. The van der Waals surface area contributed by atoms with Gasteiger partial charge in [0, 0.05) is 12.1 Å². The van der Waals surface area contributed by atoms with Gasteiger partial charge in [-0.2, -0.15) is 0 Å². The Bertz CT molecular complexity index is 444. The van der Waals surface area contributed by atoms with Gasteiger partial charge in [0.05, 0.1) is 6.61 Å². The first-order chi connectivity index (χ1) is 9.24. The molecule has 0 bridgehead atoms. The van der Waals surface area contributed by atoms with Gasteiger partial charge in [-0.1, -0.05) is 18.2 Å². The number of benzene rings is 1. The molecule has 2 rings (SSSR count). The number of piperidine rings is 1. The lowest BCUT2D eigenvalue weighted by Crippen LogP contribution is -2.48. The Morgan fingerprint density at radius 3 is 2.68 bits per heavy atom. The molecule has 19 heavy (non-hydrogen) atoms. The van der Waals surface area contributed by atoms with E-state index in [1.165, 1.54) is 0 Å². The summed E-state index contributed by atoms with van der Waals surface area (Å²) in [6, 6.07) is 8.66. The van der Waals surface area contributed by atoms with Crippen molar-refractivity contribution in [2.45, 2.75) is 32.2 Å². The van der Waals surface area contributed by atoms with Crippen molar-refractivity contribution in [1.82, 2.24) is 4.90 Å². The van der Waals surface area contributed by atoms with Gasteiger partial charge in [0.2, 0.25) is 0 Å². The predicted molar refractivity (Wildman–Crippen MR) is 71.8 cm³/mol. The maximum atomic E-state index is 12.4. The number of hydrogen-bond acceptors (Lipinski definition) is 3. The molecular formula is C15H19NO3. The van der Waals surface area contributed by atoms with E-state index in [9.17, 15) is 9.59 Å². The summed E-state index contributed by atoms with van der Waals surface area (Å²) in [6.07, 6.45) is 2.59. The third kappa shape index (κ3) is 3.13. The van der Waals surface area contributed by atoms with Crippen LogP contribution in [0.3, 0.4) is 0 Å². The first kappa shape index (κ1) is 13.6. The summed E-state index contributed by atoms with van der Waals surface area (Å²) in [5.74, 6) is -0.371. The number of hydrogen-bond donors (Lipinski definition) is 0. The number of carbonyl (C=O) groups excluding carboxylic acids is 2. The molecule has 1 saturated heterocycles. The molecule has 0 unspecified atom stereocenters. The monoisotopic (exact) mass is 261 g/mol. The van der Waals surface area contributed by atoms with Crippen LogP contribution in [0.15, 0.2) is 30.3 Å². The van der Waals surface area contributed by atoms with Crippen LogP contribution in [0.4, 0.5) is 0 Å². The van der Waals surface area contributed by atoms with Crippen LogP contribution in [0, 0.1) is 0 Å². The van der Waals surface area contributed by atoms with E-state index in [-0.39, 0.29) is 11.9 Å². The zero-order valence-corrected chi connectivity index (χ0v) is 11.2. The second kappa shape index (κ2) is 6.36. The minimum absolute atomic E-state index is 0.0849. The Kier molecular flexibility index (Phi) is 4.55. The van der Waals surface area contributed by atoms with Crippen LogP contribution in [0.5, 0.6) is 0 Å². The van der Waals surface area contributed by atoms with E-state index in [1.807, 2.05) is 18.2 Å².